The Labute approximate surface area is 206 Å². The van der Waals surface area contributed by atoms with Crippen molar-refractivity contribution in [3.8, 4) is 0 Å². The second kappa shape index (κ2) is 10.4. The molecule has 0 bridgehead atoms. The van der Waals surface area contributed by atoms with Gasteiger partial charge in [-0.2, -0.15) is 41.3 Å². The summed E-state index contributed by atoms with van der Waals surface area (Å²) in [5.74, 6) is 0. The summed E-state index contributed by atoms with van der Waals surface area (Å²) in [5.41, 5.74) is -1.79. The Morgan fingerprint density at radius 1 is 0.514 bits per heavy atom. The minimum atomic E-state index is -4.52. The summed E-state index contributed by atoms with van der Waals surface area (Å²) < 4.78 is 76.8. The first-order chi connectivity index (χ1) is 16.6. The van der Waals surface area contributed by atoms with E-state index in [9.17, 15) is 26.3 Å². The number of pyridine rings is 3. The molecule has 35 heavy (non-hydrogen) atoms. The molecule has 0 N–H and O–H groups in total. The van der Waals surface area contributed by atoms with Crippen LogP contribution in [-0.2, 0) is 12.4 Å². The molecule has 0 radical (unpaired) electrons. The highest BCUT2D eigenvalue weighted by molar-refractivity contribution is 8.00. The van der Waals surface area contributed by atoms with E-state index in [0.29, 0.717) is 17.4 Å². The maximum absolute atomic E-state index is 12.8. The van der Waals surface area contributed by atoms with Gasteiger partial charge in [0.25, 0.3) is 0 Å². The molecule has 4 aromatic rings. The molecule has 0 fully saturated rings. The molecule has 180 valence electrons. The van der Waals surface area contributed by atoms with Crippen LogP contribution in [0.2, 0.25) is 0 Å². The molecule has 15 heteroatoms. The Bertz CT molecular complexity index is 1210. The number of hydrogen-bond acceptors (Lipinski definition) is 9. The molecule has 0 saturated heterocycles. The van der Waals surface area contributed by atoms with E-state index in [0.717, 1.165) is 47.4 Å². The van der Waals surface area contributed by atoms with Crippen molar-refractivity contribution in [2.45, 2.75) is 42.9 Å². The van der Waals surface area contributed by atoms with E-state index in [4.69, 9.17) is 0 Å². The highest BCUT2D eigenvalue weighted by atomic mass is 32.2. The molecule has 0 saturated carbocycles. The van der Waals surface area contributed by atoms with Crippen molar-refractivity contribution < 1.29 is 26.3 Å². The molecule has 0 atom stereocenters. The lowest BCUT2D eigenvalue weighted by Crippen LogP contribution is -2.05. The lowest BCUT2D eigenvalue weighted by molar-refractivity contribution is -0.138. The summed E-state index contributed by atoms with van der Waals surface area (Å²) in [6, 6.07) is 9.37. The average molecular weight is 545 g/mol. The molecule has 0 amide bonds. The minimum absolute atomic E-state index is 0.125. The van der Waals surface area contributed by atoms with E-state index in [2.05, 4.69) is 29.9 Å². The maximum Gasteiger partial charge on any atom is 0.417 e. The third-order valence-electron chi connectivity index (χ3n) is 3.93. The summed E-state index contributed by atoms with van der Waals surface area (Å²) in [5, 5.41) is 1.47. The molecular weight excluding hydrogens is 534 g/mol. The predicted molar refractivity (Wildman–Crippen MR) is 115 cm³/mol. The van der Waals surface area contributed by atoms with Gasteiger partial charge >= 0.3 is 12.4 Å². The fourth-order valence-corrected chi connectivity index (χ4v) is 4.63. The van der Waals surface area contributed by atoms with Crippen molar-refractivity contribution in [2.24, 2.45) is 0 Å². The number of hydrogen-bond donors (Lipinski definition) is 0. The molecule has 4 aromatic heterocycles. The van der Waals surface area contributed by atoms with Crippen LogP contribution >= 0.6 is 35.3 Å². The van der Waals surface area contributed by atoms with E-state index in [1.54, 1.807) is 24.4 Å². The van der Waals surface area contributed by atoms with Crippen molar-refractivity contribution in [3.63, 3.8) is 0 Å². The van der Waals surface area contributed by atoms with Crippen LogP contribution in [-0.4, -0.2) is 29.9 Å². The number of nitrogens with zero attached hydrogens (tertiary/aromatic N) is 6. The average Bonchev–Trinajstić information content (AvgIpc) is 2.79. The van der Waals surface area contributed by atoms with E-state index >= 15 is 0 Å². The SMILES string of the molecule is FC(F)(F)c1ccc(Sc2nc(Sc3ccccn3)nc(Sc3ccc(C(F)(F)F)cn3)n2)nc1. The Balaban J connectivity index is 1.61. The monoisotopic (exact) mass is 544 g/mol. The molecule has 0 aromatic carbocycles. The normalized spacial score (nSPS) is 12.1. The fraction of sp³-hybridized carbons (Fsp3) is 0.100. The van der Waals surface area contributed by atoms with Crippen LogP contribution in [0.5, 0.6) is 0 Å². The summed E-state index contributed by atoms with van der Waals surface area (Å²) in [4.78, 5) is 24.6. The number of halogens is 6. The van der Waals surface area contributed by atoms with Crippen LogP contribution in [0.25, 0.3) is 0 Å². The largest absolute Gasteiger partial charge is 0.417 e. The highest BCUT2D eigenvalue weighted by Gasteiger charge is 2.31. The standard InChI is InChI=1S/C20H10F6N6S3/c21-19(22,23)11-4-6-14(28-9-11)34-17-30-16(33-13-3-1-2-8-27-13)31-18(32-17)35-15-7-5-12(10-29-15)20(24,25)26/h1-10H. The first-order valence-electron chi connectivity index (χ1n) is 9.33. The molecule has 6 nitrogen and oxygen atoms in total. The highest BCUT2D eigenvalue weighted by Crippen LogP contribution is 2.34. The first-order valence-corrected chi connectivity index (χ1v) is 11.8. The van der Waals surface area contributed by atoms with E-state index < -0.39 is 23.5 Å². The van der Waals surface area contributed by atoms with Crippen molar-refractivity contribution in [2.75, 3.05) is 0 Å². The van der Waals surface area contributed by atoms with Crippen LogP contribution < -0.4 is 0 Å². The van der Waals surface area contributed by atoms with Crippen molar-refractivity contribution >= 4 is 35.3 Å². The lowest BCUT2D eigenvalue weighted by atomic mass is 10.3. The van der Waals surface area contributed by atoms with Gasteiger partial charge in [-0.15, -0.1) is 0 Å². The molecule has 4 rings (SSSR count). The van der Waals surface area contributed by atoms with E-state index in [-0.39, 0.29) is 25.5 Å². The zero-order chi connectivity index (χ0) is 25.1. The van der Waals surface area contributed by atoms with Gasteiger partial charge in [0.15, 0.2) is 15.5 Å². The van der Waals surface area contributed by atoms with Crippen LogP contribution in [0, 0.1) is 0 Å². The van der Waals surface area contributed by atoms with Gasteiger partial charge in [-0.3, -0.25) is 0 Å². The van der Waals surface area contributed by atoms with Gasteiger partial charge in [0.05, 0.1) is 11.1 Å². The van der Waals surface area contributed by atoms with Crippen LogP contribution in [0.1, 0.15) is 11.1 Å². The van der Waals surface area contributed by atoms with Gasteiger partial charge in [0.2, 0.25) is 0 Å². The Morgan fingerprint density at radius 2 is 0.943 bits per heavy atom. The minimum Gasteiger partial charge on any atom is -0.249 e. The van der Waals surface area contributed by atoms with Gasteiger partial charge in [-0.25, -0.2) is 15.0 Å². The zero-order valence-corrected chi connectivity index (χ0v) is 19.4. The number of aromatic nitrogens is 6. The van der Waals surface area contributed by atoms with E-state index in [1.165, 1.54) is 12.1 Å². The van der Waals surface area contributed by atoms with E-state index in [1.807, 2.05) is 0 Å². The summed E-state index contributed by atoms with van der Waals surface area (Å²) in [6.45, 7) is 0. The summed E-state index contributed by atoms with van der Waals surface area (Å²) in [7, 11) is 0. The summed E-state index contributed by atoms with van der Waals surface area (Å²) in [6.07, 6.45) is -6.06. The van der Waals surface area contributed by atoms with Gasteiger partial charge in [0.1, 0.15) is 15.1 Å². The van der Waals surface area contributed by atoms with Gasteiger partial charge in [-0.1, -0.05) is 6.07 Å². The van der Waals surface area contributed by atoms with Gasteiger partial charge in [0, 0.05) is 18.6 Å². The van der Waals surface area contributed by atoms with Crippen molar-refractivity contribution in [1.82, 2.24) is 29.9 Å². The predicted octanol–water partition coefficient (Wildman–Crippen LogP) is 6.55. The van der Waals surface area contributed by atoms with Gasteiger partial charge < -0.3 is 0 Å². The lowest BCUT2D eigenvalue weighted by Gasteiger charge is -2.08. The topological polar surface area (TPSA) is 77.3 Å². The molecule has 0 aliphatic heterocycles. The van der Waals surface area contributed by atoms with Crippen molar-refractivity contribution in [3.05, 3.63) is 72.2 Å². The Kier molecular flexibility index (Phi) is 7.47. The maximum atomic E-state index is 12.8. The molecule has 0 aliphatic rings. The molecule has 0 aliphatic carbocycles. The first kappa shape index (κ1) is 25.2. The Morgan fingerprint density at radius 3 is 1.26 bits per heavy atom. The van der Waals surface area contributed by atoms with Crippen LogP contribution in [0.15, 0.2) is 91.6 Å². The third kappa shape index (κ3) is 7.05. The summed E-state index contributed by atoms with van der Waals surface area (Å²) >= 11 is 2.92. The Hall–Kier alpha value is -2.91. The van der Waals surface area contributed by atoms with Gasteiger partial charge in [-0.05, 0) is 71.7 Å². The van der Waals surface area contributed by atoms with Crippen molar-refractivity contribution in [1.29, 1.82) is 0 Å². The molecule has 0 spiro atoms. The van der Waals surface area contributed by atoms with Crippen LogP contribution in [0.3, 0.4) is 0 Å². The van der Waals surface area contributed by atoms with Crippen LogP contribution in [0.4, 0.5) is 26.3 Å². The molecule has 0 unspecified atom stereocenters. The quantitative estimate of drug-likeness (QED) is 0.251. The second-order valence-electron chi connectivity index (χ2n) is 6.42. The number of rotatable bonds is 6. The third-order valence-corrected chi connectivity index (χ3v) is 6.37. The smallest absolute Gasteiger partial charge is 0.249 e. The number of alkyl halides is 6. The zero-order valence-electron chi connectivity index (χ0n) is 16.9. The fourth-order valence-electron chi connectivity index (χ4n) is 2.36. The second-order valence-corrected chi connectivity index (χ2v) is 9.39. The molecule has 4 heterocycles. The molecular formula is C20H10F6N6S3.